The molecule has 2 aliphatic rings. The third kappa shape index (κ3) is 4.97. The molecule has 0 radical (unpaired) electrons. The molecule has 2 aliphatic heterocycles. The van der Waals surface area contributed by atoms with Gasteiger partial charge in [-0.05, 0) is 55.2 Å². The maximum Gasteiger partial charge on any atom is 0.329 e. The monoisotopic (exact) mass is 452 g/mol. The second kappa shape index (κ2) is 9.72. The average molecular weight is 452 g/mol. The smallest absolute Gasteiger partial charge is 0.329 e. The predicted octanol–water partition coefficient (Wildman–Crippen LogP) is 3.36. The predicted molar refractivity (Wildman–Crippen MR) is 122 cm³/mol. The van der Waals surface area contributed by atoms with Crippen LogP contribution in [-0.2, 0) is 9.59 Å². The molecule has 0 aliphatic carbocycles. The third-order valence-electron chi connectivity index (χ3n) is 5.62. The summed E-state index contributed by atoms with van der Waals surface area (Å²) in [5.41, 5.74) is 1.39. The summed E-state index contributed by atoms with van der Waals surface area (Å²) in [7, 11) is 1.47. The van der Waals surface area contributed by atoms with Crippen molar-refractivity contribution in [3.05, 3.63) is 59.5 Å². The van der Waals surface area contributed by atoms with Gasteiger partial charge < -0.3 is 20.3 Å². The van der Waals surface area contributed by atoms with Crippen LogP contribution in [0.2, 0.25) is 0 Å². The number of benzene rings is 2. The maximum atomic E-state index is 14.7. The van der Waals surface area contributed by atoms with Crippen molar-refractivity contribution in [3.8, 4) is 5.75 Å². The Morgan fingerprint density at radius 2 is 1.91 bits per heavy atom. The number of hydrogen-bond donors (Lipinski definition) is 2. The fourth-order valence-electron chi connectivity index (χ4n) is 3.97. The van der Waals surface area contributed by atoms with Gasteiger partial charge in [-0.2, -0.15) is 0 Å². The summed E-state index contributed by atoms with van der Waals surface area (Å²) < 4.78 is 19.9. The molecule has 2 fully saturated rings. The van der Waals surface area contributed by atoms with Gasteiger partial charge in [0.1, 0.15) is 23.8 Å². The Bertz CT molecular complexity index is 1110. The molecule has 2 N–H and O–H groups in total. The lowest BCUT2D eigenvalue weighted by Gasteiger charge is -2.29. The van der Waals surface area contributed by atoms with E-state index in [0.717, 1.165) is 37.3 Å². The molecular weight excluding hydrogens is 427 g/mol. The van der Waals surface area contributed by atoms with E-state index < -0.39 is 24.4 Å². The second-order valence-corrected chi connectivity index (χ2v) is 7.89. The number of anilines is 2. The molecule has 4 amide bonds. The summed E-state index contributed by atoms with van der Waals surface area (Å²) in [5, 5.41) is 5.08. The Balaban J connectivity index is 1.44. The molecule has 2 aromatic rings. The summed E-state index contributed by atoms with van der Waals surface area (Å²) in [6.45, 7) is 1.16. The highest BCUT2D eigenvalue weighted by molar-refractivity contribution is 6.16. The number of carbonyl (C=O) groups is 3. The highest BCUT2D eigenvalue weighted by Crippen LogP contribution is 2.26. The standard InChI is InChI=1S/C24H25FN4O4/c1-33-21-8-4-3-7-18(21)26-22(30)15-29-23(31)19(27-24(29)32)14-16-9-10-20(17(25)13-16)28-11-5-2-6-12-28/h3-4,7-10,13-14H,2,5-6,11-12,15H2,1H3,(H,26,30)(H,27,32)/b19-14+. The van der Waals surface area contributed by atoms with Gasteiger partial charge in [0.2, 0.25) is 5.91 Å². The fraction of sp³-hybridized carbons (Fsp3) is 0.292. The van der Waals surface area contributed by atoms with E-state index in [9.17, 15) is 18.8 Å². The molecule has 2 aromatic carbocycles. The molecule has 0 saturated carbocycles. The zero-order chi connectivity index (χ0) is 23.4. The van der Waals surface area contributed by atoms with Gasteiger partial charge in [-0.25, -0.2) is 14.1 Å². The van der Waals surface area contributed by atoms with Crippen molar-refractivity contribution in [2.24, 2.45) is 0 Å². The summed E-state index contributed by atoms with van der Waals surface area (Å²) in [4.78, 5) is 40.2. The first-order chi connectivity index (χ1) is 16.0. The molecule has 2 saturated heterocycles. The molecule has 0 unspecified atom stereocenters. The number of ether oxygens (including phenoxy) is 1. The molecule has 8 nitrogen and oxygen atoms in total. The average Bonchev–Trinajstić information content (AvgIpc) is 3.07. The van der Waals surface area contributed by atoms with Gasteiger partial charge in [0.15, 0.2) is 0 Å². The minimum absolute atomic E-state index is 0.0183. The van der Waals surface area contributed by atoms with Crippen LogP contribution in [0, 0.1) is 5.82 Å². The Morgan fingerprint density at radius 3 is 2.64 bits per heavy atom. The number of halogens is 1. The third-order valence-corrected chi connectivity index (χ3v) is 5.62. The number of rotatable bonds is 6. The Labute approximate surface area is 191 Å². The Kier molecular flexibility index (Phi) is 6.58. The first-order valence-corrected chi connectivity index (χ1v) is 10.8. The van der Waals surface area contributed by atoms with Crippen LogP contribution in [0.5, 0.6) is 5.75 Å². The summed E-state index contributed by atoms with van der Waals surface area (Å²) >= 11 is 0. The molecule has 33 heavy (non-hydrogen) atoms. The minimum atomic E-state index is -0.716. The van der Waals surface area contributed by atoms with Crippen LogP contribution in [-0.4, -0.2) is 49.5 Å². The van der Waals surface area contributed by atoms with Crippen molar-refractivity contribution in [2.75, 3.05) is 37.0 Å². The van der Waals surface area contributed by atoms with Crippen molar-refractivity contribution >= 4 is 35.3 Å². The SMILES string of the molecule is COc1ccccc1NC(=O)CN1C(=O)N/C(=C/c2ccc(N3CCCCC3)c(F)c2)C1=O. The largest absolute Gasteiger partial charge is 0.495 e. The van der Waals surface area contributed by atoms with E-state index in [4.69, 9.17) is 4.74 Å². The highest BCUT2D eigenvalue weighted by atomic mass is 19.1. The lowest BCUT2D eigenvalue weighted by Crippen LogP contribution is -2.38. The molecular formula is C24H25FN4O4. The van der Waals surface area contributed by atoms with E-state index in [-0.39, 0.29) is 11.5 Å². The molecule has 0 atom stereocenters. The van der Waals surface area contributed by atoms with Gasteiger partial charge in [-0.15, -0.1) is 0 Å². The minimum Gasteiger partial charge on any atom is -0.495 e. The zero-order valence-corrected chi connectivity index (χ0v) is 18.3. The molecule has 172 valence electrons. The van der Waals surface area contributed by atoms with Gasteiger partial charge in [0.05, 0.1) is 18.5 Å². The molecule has 0 spiro atoms. The van der Waals surface area contributed by atoms with Crippen LogP contribution in [0.1, 0.15) is 24.8 Å². The van der Waals surface area contributed by atoms with Crippen LogP contribution < -0.4 is 20.3 Å². The first-order valence-electron chi connectivity index (χ1n) is 10.8. The number of carbonyl (C=O) groups excluding carboxylic acids is 3. The second-order valence-electron chi connectivity index (χ2n) is 7.89. The Hall–Kier alpha value is -3.88. The van der Waals surface area contributed by atoms with E-state index >= 15 is 0 Å². The van der Waals surface area contributed by atoms with Gasteiger partial charge in [0, 0.05) is 13.1 Å². The van der Waals surface area contributed by atoms with Crippen molar-refractivity contribution in [1.29, 1.82) is 0 Å². The van der Waals surface area contributed by atoms with Crippen LogP contribution in [0.3, 0.4) is 0 Å². The number of piperidine rings is 1. The number of nitrogens with zero attached hydrogens (tertiary/aromatic N) is 2. The van der Waals surface area contributed by atoms with Crippen molar-refractivity contribution in [3.63, 3.8) is 0 Å². The van der Waals surface area contributed by atoms with E-state index in [0.29, 0.717) is 22.7 Å². The lowest BCUT2D eigenvalue weighted by atomic mass is 10.1. The van der Waals surface area contributed by atoms with Gasteiger partial charge >= 0.3 is 6.03 Å². The van der Waals surface area contributed by atoms with Gasteiger partial charge in [-0.3, -0.25) is 9.59 Å². The van der Waals surface area contributed by atoms with Crippen LogP contribution in [0.15, 0.2) is 48.2 Å². The fourth-order valence-corrected chi connectivity index (χ4v) is 3.97. The number of urea groups is 1. The van der Waals surface area contributed by atoms with Crippen LogP contribution >= 0.6 is 0 Å². The van der Waals surface area contributed by atoms with Crippen molar-refractivity contribution in [2.45, 2.75) is 19.3 Å². The highest BCUT2D eigenvalue weighted by Gasteiger charge is 2.35. The quantitative estimate of drug-likeness (QED) is 0.518. The van der Waals surface area contributed by atoms with Crippen LogP contribution in [0.4, 0.5) is 20.6 Å². The topological polar surface area (TPSA) is 91.0 Å². The number of imide groups is 1. The molecule has 9 heteroatoms. The lowest BCUT2D eigenvalue weighted by molar-refractivity contribution is -0.127. The normalized spacial score (nSPS) is 17.3. The van der Waals surface area contributed by atoms with Gasteiger partial charge in [-0.1, -0.05) is 18.2 Å². The molecule has 0 bridgehead atoms. The number of para-hydroxylation sites is 2. The summed E-state index contributed by atoms with van der Waals surface area (Å²) in [6.07, 6.45) is 4.62. The first kappa shape index (κ1) is 22.3. The molecule has 0 aromatic heterocycles. The number of amides is 4. The summed E-state index contributed by atoms with van der Waals surface area (Å²) in [5.74, 6) is -1.13. The van der Waals surface area contributed by atoms with Crippen molar-refractivity contribution < 1.29 is 23.5 Å². The summed E-state index contributed by atoms with van der Waals surface area (Å²) in [6, 6.07) is 10.8. The maximum absolute atomic E-state index is 14.7. The van der Waals surface area contributed by atoms with Crippen molar-refractivity contribution in [1.82, 2.24) is 10.2 Å². The molecule has 2 heterocycles. The molecule has 4 rings (SSSR count). The van der Waals surface area contributed by atoms with Gasteiger partial charge in [0.25, 0.3) is 5.91 Å². The van der Waals surface area contributed by atoms with E-state index in [1.807, 2.05) is 4.90 Å². The number of hydrogen-bond acceptors (Lipinski definition) is 5. The van der Waals surface area contributed by atoms with E-state index in [2.05, 4.69) is 10.6 Å². The number of methoxy groups -OCH3 is 1. The van der Waals surface area contributed by atoms with Crippen LogP contribution in [0.25, 0.3) is 6.08 Å². The van der Waals surface area contributed by atoms with E-state index in [1.54, 1.807) is 36.4 Å². The number of nitrogens with one attached hydrogen (secondary N) is 2. The Morgan fingerprint density at radius 1 is 1.15 bits per heavy atom. The zero-order valence-electron chi connectivity index (χ0n) is 18.3. The van der Waals surface area contributed by atoms with E-state index in [1.165, 1.54) is 19.3 Å².